The number of fused-ring (bicyclic) bond motifs is 5. The molecule has 2 N–H and O–H groups in total. The van der Waals surface area contributed by atoms with Crippen LogP contribution in [0.2, 0.25) is 0 Å². The number of esters is 5. The zero-order valence-corrected chi connectivity index (χ0v) is 45.2. The zero-order chi connectivity index (χ0) is 53.0. The van der Waals surface area contributed by atoms with Gasteiger partial charge in [0.05, 0.1) is 34.7 Å². The maximum Gasteiger partial charge on any atom is 0.338 e. The third kappa shape index (κ3) is 11.3. The molecule has 2 aromatic rings. The van der Waals surface area contributed by atoms with E-state index in [1.54, 1.807) is 69.3 Å². The van der Waals surface area contributed by atoms with Crippen LogP contribution >= 0.6 is 81.4 Å². The lowest BCUT2D eigenvalue weighted by Crippen LogP contribution is -2.81. The Morgan fingerprint density at radius 1 is 0.845 bits per heavy atom. The van der Waals surface area contributed by atoms with Gasteiger partial charge in [0.1, 0.15) is 43.0 Å². The molecule has 3 aliphatic carbocycles. The third-order valence-electron chi connectivity index (χ3n) is 14.0. The van der Waals surface area contributed by atoms with E-state index in [9.17, 15) is 39.0 Å². The SMILES string of the molecule is CC(=O)O[C@@]12CO[C@@H]1C[C@H](C(=O)OCC(Cl)(Cl)Cl)[C@@]1(C)C(=O)[C@H](C(=O)OCC(Cl)(Cl)Cl)C3=C(C)[C@@H](OC(=O)[C@H](O)[C@@H](SC(=O)C(C)(C)C)c4ccccc4)C[C@@](O)([C@@H](OC(=O)c4ccccc4)[C@H]21)C3(C)C. The Bertz CT molecular complexity index is 2450. The predicted molar refractivity (Wildman–Crippen MR) is 264 cm³/mol. The molecular weight excluding hydrogens is 1070 g/mol. The summed E-state index contributed by atoms with van der Waals surface area (Å²) in [6.45, 7) is 9.50. The monoisotopic (exact) mass is 1120 g/mol. The van der Waals surface area contributed by atoms with Crippen molar-refractivity contribution >= 4 is 122 Å². The highest BCUT2D eigenvalue weighted by atomic mass is 35.6. The van der Waals surface area contributed by atoms with Gasteiger partial charge in [0, 0.05) is 24.2 Å². The molecule has 0 spiro atoms. The fourth-order valence-electron chi connectivity index (χ4n) is 10.5. The summed E-state index contributed by atoms with van der Waals surface area (Å²) < 4.78 is 31.5. The van der Waals surface area contributed by atoms with E-state index < -0.39 is 151 Å². The minimum Gasteiger partial charge on any atom is -0.461 e. The molecule has 22 heteroatoms. The quantitative estimate of drug-likeness (QED) is 0.0671. The highest BCUT2D eigenvalue weighted by Crippen LogP contribution is 2.67. The molecule has 15 nitrogen and oxygen atoms in total. The van der Waals surface area contributed by atoms with Crippen molar-refractivity contribution in [2.24, 2.45) is 34.0 Å². The van der Waals surface area contributed by atoms with E-state index >= 15 is 4.79 Å². The Morgan fingerprint density at radius 2 is 1.39 bits per heavy atom. The van der Waals surface area contributed by atoms with Crippen molar-refractivity contribution in [2.75, 3.05) is 19.8 Å². The average Bonchev–Trinajstić information content (AvgIpc) is 3.27. The van der Waals surface area contributed by atoms with Gasteiger partial charge in [0.15, 0.2) is 22.6 Å². The summed E-state index contributed by atoms with van der Waals surface area (Å²) in [4.78, 5) is 102. The molecule has 2 bridgehead atoms. The summed E-state index contributed by atoms with van der Waals surface area (Å²) in [7, 11) is 0. The normalized spacial score (nSPS) is 30.1. The largest absolute Gasteiger partial charge is 0.461 e. The van der Waals surface area contributed by atoms with Crippen LogP contribution in [-0.2, 0) is 57.2 Å². The number of thioether (sulfide) groups is 1. The van der Waals surface area contributed by atoms with E-state index in [-0.39, 0.29) is 21.8 Å². The number of benzene rings is 2. The predicted octanol–water partition coefficient (Wildman–Crippen LogP) is 8.38. The van der Waals surface area contributed by atoms with Crippen molar-refractivity contribution in [2.45, 2.75) is 117 Å². The summed E-state index contributed by atoms with van der Waals surface area (Å²) in [5.74, 6) is -12.5. The molecule has 3 fully saturated rings. The number of carbonyl (C=O) groups excluding carboxylic acids is 7. The van der Waals surface area contributed by atoms with Crippen molar-refractivity contribution in [3.8, 4) is 0 Å². The maximum atomic E-state index is 16.3. The van der Waals surface area contributed by atoms with E-state index in [0.29, 0.717) is 17.3 Å². The van der Waals surface area contributed by atoms with E-state index in [4.69, 9.17) is 98.0 Å². The van der Waals surface area contributed by atoms with Gasteiger partial charge in [-0.1, -0.05) is 171 Å². The number of hydrogen-bond donors (Lipinski definition) is 2. The molecule has 0 amide bonds. The van der Waals surface area contributed by atoms with Gasteiger partial charge in [-0.25, -0.2) is 9.59 Å². The molecule has 0 unspecified atom stereocenters. The topological polar surface area (TPSA) is 215 Å². The molecule has 11 atom stereocenters. The number of Topliss-reactive ketones (excluding diaryl/α,β-unsaturated/α-hetero) is 1. The molecule has 2 aromatic carbocycles. The first kappa shape index (κ1) is 57.1. The Morgan fingerprint density at radius 3 is 1.90 bits per heavy atom. The lowest BCUT2D eigenvalue weighted by molar-refractivity contribution is -0.339. The lowest BCUT2D eigenvalue weighted by atomic mass is 9.42. The summed E-state index contributed by atoms with van der Waals surface area (Å²) in [6.07, 6.45) is -8.11. The van der Waals surface area contributed by atoms with Crippen LogP contribution in [-0.4, -0.2) is 114 Å². The van der Waals surface area contributed by atoms with Gasteiger partial charge in [0.2, 0.25) is 7.59 Å². The highest BCUT2D eigenvalue weighted by Gasteiger charge is 2.79. The standard InChI is InChI=1S/C49H54Cl6O15S/c1-24-29(68-41(62)33(57)34(26-15-11-9-12-16-26)71-42(63)43(3,4)5)20-47(64)37(69-38(59)27-17-13-10-14-18-27)35-45(8,36(58)31(32(24)44(47,6)7)40(61)67-23-49(53,54)55)28(39(60)66-22-48(50,51)52)19-30-46(35,21-65-30)70-25(2)56/h9-18,28-31,33-35,37,57,64H,19-23H2,1-8H3/t28-,29+,30-,31-,33-,34+,35+,37+,45-,46+,47-/m1/s1. The molecule has 71 heavy (non-hydrogen) atoms. The fraction of sp³-hybridized carbons (Fsp3) is 0.571. The molecule has 0 aromatic heterocycles. The summed E-state index contributed by atoms with van der Waals surface area (Å²) in [6, 6.07) is 15.8. The Balaban J connectivity index is 1.64. The lowest BCUT2D eigenvalue weighted by Gasteiger charge is -2.67. The van der Waals surface area contributed by atoms with Crippen molar-refractivity contribution in [3.63, 3.8) is 0 Å². The first-order chi connectivity index (χ1) is 32.7. The van der Waals surface area contributed by atoms with Crippen LogP contribution in [0, 0.1) is 34.0 Å². The number of alkyl halides is 6. The van der Waals surface area contributed by atoms with Crippen molar-refractivity contribution in [1.29, 1.82) is 0 Å². The Labute approximate surface area is 445 Å². The maximum absolute atomic E-state index is 16.3. The number of aliphatic hydroxyl groups excluding tert-OH is 1. The van der Waals surface area contributed by atoms with Crippen LogP contribution in [0.3, 0.4) is 0 Å². The summed E-state index contributed by atoms with van der Waals surface area (Å²) >= 11 is 37.0. The molecule has 2 saturated carbocycles. The second-order valence-electron chi connectivity index (χ2n) is 20.0. The van der Waals surface area contributed by atoms with Crippen LogP contribution in [0.1, 0.15) is 89.4 Å². The first-order valence-electron chi connectivity index (χ1n) is 22.4. The Hall–Kier alpha value is -3.16. The van der Waals surface area contributed by atoms with E-state index in [0.717, 1.165) is 6.92 Å². The molecular formula is C49H54Cl6O15S. The minimum absolute atomic E-state index is 0.0000282. The summed E-state index contributed by atoms with van der Waals surface area (Å²) in [5.41, 5.74) is -9.69. The van der Waals surface area contributed by atoms with E-state index in [2.05, 4.69) is 0 Å². The van der Waals surface area contributed by atoms with Gasteiger partial charge in [-0.05, 0) is 42.2 Å². The number of aliphatic hydroxyl groups is 2. The second kappa shape index (κ2) is 20.9. The molecule has 388 valence electrons. The highest BCUT2D eigenvalue weighted by molar-refractivity contribution is 8.14. The van der Waals surface area contributed by atoms with Gasteiger partial charge < -0.3 is 38.6 Å². The first-order valence-corrected chi connectivity index (χ1v) is 25.5. The zero-order valence-electron chi connectivity index (χ0n) is 39.8. The van der Waals surface area contributed by atoms with Crippen molar-refractivity contribution in [1.82, 2.24) is 0 Å². The van der Waals surface area contributed by atoms with Gasteiger partial charge >= 0.3 is 29.8 Å². The smallest absolute Gasteiger partial charge is 0.338 e. The van der Waals surface area contributed by atoms with Crippen LogP contribution in [0.25, 0.3) is 0 Å². The third-order valence-corrected chi connectivity index (χ3v) is 16.3. The van der Waals surface area contributed by atoms with Crippen LogP contribution in [0.4, 0.5) is 0 Å². The van der Waals surface area contributed by atoms with Gasteiger partial charge in [-0.2, -0.15) is 0 Å². The number of hydrogen-bond acceptors (Lipinski definition) is 16. The van der Waals surface area contributed by atoms with Gasteiger partial charge in [-0.15, -0.1) is 0 Å². The molecule has 4 aliphatic rings. The van der Waals surface area contributed by atoms with Crippen LogP contribution in [0.15, 0.2) is 71.8 Å². The number of rotatable bonds is 12. The molecule has 1 aliphatic heterocycles. The number of carbonyl (C=O) groups is 7. The fourth-order valence-corrected chi connectivity index (χ4v) is 11.9. The number of ether oxygens (including phenoxy) is 6. The van der Waals surface area contributed by atoms with E-state index in [1.165, 1.54) is 39.8 Å². The summed E-state index contributed by atoms with van der Waals surface area (Å²) in [5, 5.41) is 24.4. The molecule has 1 heterocycles. The molecule has 0 radical (unpaired) electrons. The second-order valence-corrected chi connectivity index (χ2v) is 26.2. The van der Waals surface area contributed by atoms with Crippen LogP contribution in [0.5, 0.6) is 0 Å². The van der Waals surface area contributed by atoms with Crippen LogP contribution < -0.4 is 0 Å². The molecule has 1 saturated heterocycles. The van der Waals surface area contributed by atoms with Gasteiger partial charge in [0.25, 0.3) is 0 Å². The van der Waals surface area contributed by atoms with Gasteiger partial charge in [-0.3, -0.25) is 24.0 Å². The van der Waals surface area contributed by atoms with E-state index in [1.807, 2.05) is 0 Å². The number of ketones is 1. The minimum atomic E-state index is -2.62. The molecule has 6 rings (SSSR count). The Kier molecular flexibility index (Phi) is 16.8. The number of halogens is 6. The van der Waals surface area contributed by atoms with Crippen molar-refractivity contribution in [3.05, 3.63) is 82.9 Å². The van der Waals surface area contributed by atoms with Crippen molar-refractivity contribution < 1.29 is 72.2 Å². The average molecular weight is 1130 g/mol.